The summed E-state index contributed by atoms with van der Waals surface area (Å²) in [6, 6.07) is 15.3. The van der Waals surface area contributed by atoms with Crippen LogP contribution in [0.1, 0.15) is 21.6 Å². The van der Waals surface area contributed by atoms with Crippen LogP contribution in [0.5, 0.6) is 0 Å². The molecule has 0 atom stereocenters. The standard InChI is InChI=1S/C21H19N5O/c1-15-13-18(17-6-2-3-7-19(17)24-15)21(27)26-11-9-25(10-12-26)20-16(14-22)5-4-8-23-20/h2-8,13H,9-12H2,1H3. The third-order valence-corrected chi connectivity index (χ3v) is 4.85. The van der Waals surface area contributed by atoms with Gasteiger partial charge in [0.1, 0.15) is 11.9 Å². The Balaban J connectivity index is 1.55. The number of amides is 1. The Hall–Kier alpha value is -3.46. The van der Waals surface area contributed by atoms with Gasteiger partial charge in [-0.3, -0.25) is 9.78 Å². The van der Waals surface area contributed by atoms with Crippen LogP contribution in [0.2, 0.25) is 0 Å². The maximum atomic E-state index is 13.1. The molecular weight excluding hydrogens is 338 g/mol. The third-order valence-electron chi connectivity index (χ3n) is 4.85. The second-order valence-electron chi connectivity index (χ2n) is 6.59. The van der Waals surface area contributed by atoms with E-state index in [0.717, 1.165) is 16.6 Å². The zero-order chi connectivity index (χ0) is 18.8. The van der Waals surface area contributed by atoms with Crippen LogP contribution in [-0.2, 0) is 0 Å². The highest BCUT2D eigenvalue weighted by Crippen LogP contribution is 2.22. The Morgan fingerprint density at radius 1 is 1.11 bits per heavy atom. The Bertz CT molecular complexity index is 1050. The summed E-state index contributed by atoms with van der Waals surface area (Å²) >= 11 is 0. The molecule has 0 bridgehead atoms. The van der Waals surface area contributed by atoms with Gasteiger partial charge in [0.2, 0.25) is 0 Å². The van der Waals surface area contributed by atoms with Crippen LogP contribution in [0.25, 0.3) is 10.9 Å². The van der Waals surface area contributed by atoms with Gasteiger partial charge in [-0.25, -0.2) is 4.98 Å². The summed E-state index contributed by atoms with van der Waals surface area (Å²) in [7, 11) is 0. The minimum atomic E-state index is 0.0258. The van der Waals surface area contributed by atoms with Gasteiger partial charge in [-0.2, -0.15) is 5.26 Å². The van der Waals surface area contributed by atoms with Crippen molar-refractivity contribution in [1.29, 1.82) is 5.26 Å². The highest BCUT2D eigenvalue weighted by molar-refractivity contribution is 6.06. The van der Waals surface area contributed by atoms with Gasteiger partial charge in [0, 0.05) is 43.5 Å². The molecule has 3 aromatic rings. The Morgan fingerprint density at radius 3 is 2.67 bits per heavy atom. The van der Waals surface area contributed by atoms with Crippen molar-refractivity contribution in [3.8, 4) is 6.07 Å². The lowest BCUT2D eigenvalue weighted by Gasteiger charge is -2.35. The van der Waals surface area contributed by atoms with Crippen molar-refractivity contribution >= 4 is 22.6 Å². The fourth-order valence-corrected chi connectivity index (χ4v) is 3.51. The molecule has 0 saturated carbocycles. The first-order chi connectivity index (χ1) is 13.2. The van der Waals surface area contributed by atoms with Crippen LogP contribution >= 0.6 is 0 Å². The van der Waals surface area contributed by atoms with Crippen molar-refractivity contribution in [1.82, 2.24) is 14.9 Å². The van der Waals surface area contributed by atoms with Crippen molar-refractivity contribution in [3.05, 3.63) is 65.5 Å². The van der Waals surface area contributed by atoms with E-state index in [1.54, 1.807) is 18.3 Å². The predicted molar refractivity (Wildman–Crippen MR) is 104 cm³/mol. The number of hydrogen-bond donors (Lipinski definition) is 0. The van der Waals surface area contributed by atoms with Gasteiger partial charge >= 0.3 is 0 Å². The lowest BCUT2D eigenvalue weighted by Crippen LogP contribution is -2.49. The fraction of sp³-hybridized carbons (Fsp3) is 0.238. The van der Waals surface area contributed by atoms with Gasteiger partial charge in [-0.05, 0) is 31.2 Å². The molecule has 1 fully saturated rings. The van der Waals surface area contributed by atoms with Gasteiger partial charge in [0.25, 0.3) is 5.91 Å². The molecule has 4 rings (SSSR count). The molecular formula is C21H19N5O. The second kappa shape index (κ2) is 7.04. The van der Waals surface area contributed by atoms with E-state index < -0.39 is 0 Å². The lowest BCUT2D eigenvalue weighted by atomic mass is 10.1. The number of nitrogens with zero attached hydrogens (tertiary/aromatic N) is 5. The third kappa shape index (κ3) is 3.20. The molecule has 6 heteroatoms. The Morgan fingerprint density at radius 2 is 1.89 bits per heavy atom. The first kappa shape index (κ1) is 17.0. The van der Waals surface area contributed by atoms with Crippen molar-refractivity contribution < 1.29 is 4.79 Å². The maximum absolute atomic E-state index is 13.1. The molecule has 2 aromatic heterocycles. The number of fused-ring (bicyclic) bond motifs is 1. The molecule has 1 aromatic carbocycles. The summed E-state index contributed by atoms with van der Waals surface area (Å²) < 4.78 is 0. The van der Waals surface area contributed by atoms with Crippen molar-refractivity contribution in [2.24, 2.45) is 0 Å². The number of carbonyl (C=O) groups is 1. The van der Waals surface area contributed by atoms with Gasteiger partial charge in [0.05, 0.1) is 16.6 Å². The van der Waals surface area contributed by atoms with Crippen LogP contribution in [0.3, 0.4) is 0 Å². The number of para-hydroxylation sites is 1. The number of rotatable bonds is 2. The quantitative estimate of drug-likeness (QED) is 0.705. The van der Waals surface area contributed by atoms with E-state index in [2.05, 4.69) is 20.9 Å². The maximum Gasteiger partial charge on any atom is 0.254 e. The predicted octanol–water partition coefficient (Wildman–Crippen LogP) is 2.77. The number of pyridine rings is 2. The largest absolute Gasteiger partial charge is 0.352 e. The molecule has 0 radical (unpaired) electrons. The first-order valence-electron chi connectivity index (χ1n) is 8.93. The van der Waals surface area contributed by atoms with E-state index in [0.29, 0.717) is 43.1 Å². The molecule has 134 valence electrons. The molecule has 1 amide bonds. The topological polar surface area (TPSA) is 73.1 Å². The number of aromatic nitrogens is 2. The number of hydrogen-bond acceptors (Lipinski definition) is 5. The van der Waals surface area contributed by atoms with Gasteiger partial charge < -0.3 is 9.80 Å². The van der Waals surface area contributed by atoms with Crippen LogP contribution in [0.4, 0.5) is 5.82 Å². The van der Waals surface area contributed by atoms with E-state index in [-0.39, 0.29) is 5.91 Å². The lowest BCUT2D eigenvalue weighted by molar-refractivity contribution is 0.0748. The van der Waals surface area contributed by atoms with Crippen molar-refractivity contribution in [2.75, 3.05) is 31.1 Å². The van der Waals surface area contributed by atoms with E-state index in [9.17, 15) is 10.1 Å². The highest BCUT2D eigenvalue weighted by Gasteiger charge is 2.25. The molecule has 0 unspecified atom stereocenters. The molecule has 1 saturated heterocycles. The average molecular weight is 357 g/mol. The molecule has 3 heterocycles. The molecule has 0 N–H and O–H groups in total. The second-order valence-corrected chi connectivity index (χ2v) is 6.59. The number of benzene rings is 1. The van der Waals surface area contributed by atoms with Crippen LogP contribution < -0.4 is 4.90 Å². The highest BCUT2D eigenvalue weighted by atomic mass is 16.2. The number of nitriles is 1. The van der Waals surface area contributed by atoms with E-state index in [4.69, 9.17) is 0 Å². The van der Waals surface area contributed by atoms with E-state index in [1.807, 2.05) is 42.2 Å². The van der Waals surface area contributed by atoms with E-state index in [1.165, 1.54) is 0 Å². The Kier molecular flexibility index (Phi) is 4.43. The van der Waals surface area contributed by atoms with Crippen molar-refractivity contribution in [3.63, 3.8) is 0 Å². The minimum Gasteiger partial charge on any atom is -0.352 e. The molecule has 0 aliphatic carbocycles. The molecule has 1 aliphatic heterocycles. The molecule has 1 aliphatic rings. The summed E-state index contributed by atoms with van der Waals surface area (Å²) in [5.41, 5.74) is 2.93. The zero-order valence-corrected chi connectivity index (χ0v) is 15.1. The SMILES string of the molecule is Cc1cc(C(=O)N2CCN(c3ncccc3C#N)CC2)c2ccccc2n1. The molecule has 6 nitrogen and oxygen atoms in total. The Labute approximate surface area is 157 Å². The minimum absolute atomic E-state index is 0.0258. The summed E-state index contributed by atoms with van der Waals surface area (Å²) in [6.45, 7) is 4.40. The number of carbonyl (C=O) groups excluding carboxylic acids is 1. The number of anilines is 1. The fourth-order valence-electron chi connectivity index (χ4n) is 3.51. The smallest absolute Gasteiger partial charge is 0.254 e. The number of aryl methyl sites for hydroxylation is 1. The van der Waals surface area contributed by atoms with Gasteiger partial charge in [-0.15, -0.1) is 0 Å². The summed E-state index contributed by atoms with van der Waals surface area (Å²) in [5, 5.41) is 10.2. The normalized spacial score (nSPS) is 14.2. The molecule has 0 spiro atoms. The first-order valence-corrected chi connectivity index (χ1v) is 8.93. The summed E-state index contributed by atoms with van der Waals surface area (Å²) in [5.74, 6) is 0.718. The molecule has 27 heavy (non-hydrogen) atoms. The monoisotopic (exact) mass is 357 g/mol. The summed E-state index contributed by atoms with van der Waals surface area (Å²) in [6.07, 6.45) is 1.69. The van der Waals surface area contributed by atoms with Crippen LogP contribution in [0, 0.1) is 18.3 Å². The summed E-state index contributed by atoms with van der Waals surface area (Å²) in [4.78, 5) is 25.9. The zero-order valence-electron chi connectivity index (χ0n) is 15.1. The van der Waals surface area contributed by atoms with Crippen molar-refractivity contribution in [2.45, 2.75) is 6.92 Å². The van der Waals surface area contributed by atoms with Gasteiger partial charge in [0.15, 0.2) is 0 Å². The number of piperazine rings is 1. The van der Waals surface area contributed by atoms with Crippen LogP contribution in [0.15, 0.2) is 48.7 Å². The average Bonchev–Trinajstić information content (AvgIpc) is 2.72. The van der Waals surface area contributed by atoms with Gasteiger partial charge in [-0.1, -0.05) is 18.2 Å². The van der Waals surface area contributed by atoms with Crippen LogP contribution in [-0.4, -0.2) is 47.0 Å². The van der Waals surface area contributed by atoms with E-state index >= 15 is 0 Å².